The molecule has 0 fully saturated rings. The molecule has 0 aromatic heterocycles. The van der Waals surface area contributed by atoms with Gasteiger partial charge in [0.25, 0.3) is 0 Å². The molecule has 15 heavy (non-hydrogen) atoms. The molecule has 0 aliphatic heterocycles. The number of benzene rings is 1. The van der Waals surface area contributed by atoms with Crippen molar-refractivity contribution in [1.29, 1.82) is 5.26 Å². The summed E-state index contributed by atoms with van der Waals surface area (Å²) in [4.78, 5) is 0. The van der Waals surface area contributed by atoms with Crippen LogP contribution >= 0.6 is 15.9 Å². The van der Waals surface area contributed by atoms with Crippen LogP contribution in [0.25, 0.3) is 0 Å². The Kier molecular flexibility index (Phi) is 4.80. The summed E-state index contributed by atoms with van der Waals surface area (Å²) >= 11 is 3.47. The highest BCUT2D eigenvalue weighted by molar-refractivity contribution is 9.10. The van der Waals surface area contributed by atoms with E-state index < -0.39 is 0 Å². The number of hydrogen-bond acceptors (Lipinski definition) is 2. The van der Waals surface area contributed by atoms with Crippen LogP contribution in [0.4, 0.5) is 0 Å². The van der Waals surface area contributed by atoms with Crippen LogP contribution in [-0.4, -0.2) is 7.05 Å². The zero-order chi connectivity index (χ0) is 11.3. The first-order chi connectivity index (χ1) is 7.19. The molecule has 0 saturated carbocycles. The zero-order valence-corrected chi connectivity index (χ0v) is 10.6. The minimum atomic E-state index is 0.266. The van der Waals surface area contributed by atoms with E-state index in [1.165, 1.54) is 11.1 Å². The number of nitrogens with zero attached hydrogens (tertiary/aromatic N) is 1. The summed E-state index contributed by atoms with van der Waals surface area (Å²) in [5, 5.41) is 11.8. The quantitative estimate of drug-likeness (QED) is 0.908. The van der Waals surface area contributed by atoms with E-state index in [1.807, 2.05) is 13.1 Å². The maximum Gasteiger partial charge on any atom is 0.0622 e. The second-order valence-corrected chi connectivity index (χ2v) is 4.45. The van der Waals surface area contributed by atoms with Gasteiger partial charge in [0.1, 0.15) is 0 Å². The third-order valence-corrected chi connectivity index (χ3v) is 3.00. The Morgan fingerprint density at radius 3 is 2.87 bits per heavy atom. The summed E-state index contributed by atoms with van der Waals surface area (Å²) in [6.45, 7) is 2.10. The molecule has 0 heterocycles. The largest absolute Gasteiger partial charge is 0.313 e. The molecule has 0 aliphatic carbocycles. The van der Waals surface area contributed by atoms with Crippen molar-refractivity contribution >= 4 is 15.9 Å². The lowest BCUT2D eigenvalue weighted by molar-refractivity contribution is 0.554. The van der Waals surface area contributed by atoms with Gasteiger partial charge >= 0.3 is 0 Å². The van der Waals surface area contributed by atoms with Crippen LogP contribution in [0.2, 0.25) is 0 Å². The first kappa shape index (κ1) is 12.2. The second-order valence-electron chi connectivity index (χ2n) is 3.54. The lowest BCUT2D eigenvalue weighted by Crippen LogP contribution is -2.17. The van der Waals surface area contributed by atoms with Gasteiger partial charge in [-0.05, 0) is 43.7 Å². The third kappa shape index (κ3) is 3.33. The fourth-order valence-electron chi connectivity index (χ4n) is 1.65. The summed E-state index contributed by atoms with van der Waals surface area (Å²) < 4.78 is 1.08. The zero-order valence-electron chi connectivity index (χ0n) is 9.05. The Balaban J connectivity index is 2.91. The monoisotopic (exact) mass is 266 g/mol. The van der Waals surface area contributed by atoms with Gasteiger partial charge in [-0.2, -0.15) is 5.26 Å². The summed E-state index contributed by atoms with van der Waals surface area (Å²) in [6.07, 6.45) is 1.43. The Morgan fingerprint density at radius 2 is 2.27 bits per heavy atom. The van der Waals surface area contributed by atoms with E-state index in [9.17, 15) is 0 Å². The first-order valence-corrected chi connectivity index (χ1v) is 5.78. The normalized spacial score (nSPS) is 12.1. The van der Waals surface area contributed by atoms with Gasteiger partial charge in [-0.15, -0.1) is 0 Å². The summed E-state index contributed by atoms with van der Waals surface area (Å²) in [5.41, 5.74) is 2.53. The summed E-state index contributed by atoms with van der Waals surface area (Å²) in [6, 6.07) is 8.70. The predicted octanol–water partition coefficient (Wildman–Crippen LogP) is 3.32. The molecule has 0 bridgehead atoms. The van der Waals surface area contributed by atoms with Crippen molar-refractivity contribution in [2.45, 2.75) is 25.8 Å². The standard InChI is InChI=1S/C12H15BrN2/c1-9-5-6-10(13)8-11(9)12(15-2)4-3-7-14/h5-6,8,12,15H,3-4H2,1-2H3. The van der Waals surface area contributed by atoms with Crippen molar-refractivity contribution in [3.63, 3.8) is 0 Å². The molecule has 1 rings (SSSR count). The molecule has 0 radical (unpaired) electrons. The van der Waals surface area contributed by atoms with Gasteiger partial charge in [0, 0.05) is 16.9 Å². The molecule has 0 amide bonds. The minimum absolute atomic E-state index is 0.266. The van der Waals surface area contributed by atoms with Crippen LogP contribution in [0.5, 0.6) is 0 Å². The lowest BCUT2D eigenvalue weighted by Gasteiger charge is -2.17. The van der Waals surface area contributed by atoms with E-state index in [-0.39, 0.29) is 6.04 Å². The van der Waals surface area contributed by atoms with Crippen LogP contribution in [-0.2, 0) is 0 Å². The number of halogens is 1. The number of nitriles is 1. The van der Waals surface area contributed by atoms with Gasteiger partial charge in [0.05, 0.1) is 6.07 Å². The SMILES string of the molecule is CNC(CCC#N)c1cc(Br)ccc1C. The molecular weight excluding hydrogens is 252 g/mol. The maximum absolute atomic E-state index is 8.59. The molecule has 1 atom stereocenters. The Morgan fingerprint density at radius 1 is 1.53 bits per heavy atom. The lowest BCUT2D eigenvalue weighted by atomic mass is 9.98. The molecule has 80 valence electrons. The Hall–Kier alpha value is -0.850. The Bertz CT molecular complexity index is 368. The van der Waals surface area contributed by atoms with Crippen molar-refractivity contribution < 1.29 is 0 Å². The average Bonchev–Trinajstić information content (AvgIpc) is 2.24. The number of hydrogen-bond donors (Lipinski definition) is 1. The maximum atomic E-state index is 8.59. The van der Waals surface area contributed by atoms with Crippen molar-refractivity contribution in [3.8, 4) is 6.07 Å². The van der Waals surface area contributed by atoms with Crippen molar-refractivity contribution in [2.24, 2.45) is 0 Å². The second kappa shape index (κ2) is 5.89. The van der Waals surface area contributed by atoms with Gasteiger partial charge in [0.15, 0.2) is 0 Å². The molecule has 1 unspecified atom stereocenters. The Labute approximate surface area is 99.4 Å². The van der Waals surface area contributed by atoms with Gasteiger partial charge in [-0.1, -0.05) is 22.0 Å². The minimum Gasteiger partial charge on any atom is -0.313 e. The number of nitrogens with one attached hydrogen (secondary N) is 1. The highest BCUT2D eigenvalue weighted by Crippen LogP contribution is 2.24. The van der Waals surface area contributed by atoms with Gasteiger partial charge in [-0.3, -0.25) is 0 Å². The summed E-state index contributed by atoms with van der Waals surface area (Å²) in [7, 11) is 1.93. The van der Waals surface area contributed by atoms with E-state index in [4.69, 9.17) is 5.26 Å². The molecule has 0 spiro atoms. The highest BCUT2D eigenvalue weighted by Gasteiger charge is 2.11. The fourth-order valence-corrected chi connectivity index (χ4v) is 2.03. The fraction of sp³-hybridized carbons (Fsp3) is 0.417. The molecule has 1 aromatic carbocycles. The molecule has 2 nitrogen and oxygen atoms in total. The molecule has 0 saturated heterocycles. The van der Waals surface area contributed by atoms with Crippen LogP contribution in [0.1, 0.15) is 30.0 Å². The topological polar surface area (TPSA) is 35.8 Å². The third-order valence-electron chi connectivity index (χ3n) is 2.51. The molecular formula is C12H15BrN2. The molecule has 1 aromatic rings. The molecule has 3 heteroatoms. The van der Waals surface area contributed by atoms with Crippen molar-refractivity contribution in [1.82, 2.24) is 5.32 Å². The van der Waals surface area contributed by atoms with Gasteiger partial charge < -0.3 is 5.32 Å². The average molecular weight is 267 g/mol. The van der Waals surface area contributed by atoms with E-state index in [0.717, 1.165) is 10.9 Å². The summed E-state index contributed by atoms with van der Waals surface area (Å²) in [5.74, 6) is 0. The van der Waals surface area contributed by atoms with Crippen LogP contribution in [0, 0.1) is 18.3 Å². The smallest absolute Gasteiger partial charge is 0.0622 e. The molecule has 0 aliphatic rings. The van der Waals surface area contributed by atoms with E-state index in [2.05, 4.69) is 46.4 Å². The first-order valence-electron chi connectivity index (χ1n) is 4.99. The highest BCUT2D eigenvalue weighted by atomic mass is 79.9. The number of rotatable bonds is 4. The van der Waals surface area contributed by atoms with E-state index in [1.54, 1.807) is 0 Å². The van der Waals surface area contributed by atoms with Crippen molar-refractivity contribution in [3.05, 3.63) is 33.8 Å². The van der Waals surface area contributed by atoms with Crippen LogP contribution in [0.3, 0.4) is 0 Å². The van der Waals surface area contributed by atoms with Crippen LogP contribution < -0.4 is 5.32 Å². The van der Waals surface area contributed by atoms with E-state index in [0.29, 0.717) is 6.42 Å². The van der Waals surface area contributed by atoms with Gasteiger partial charge in [-0.25, -0.2) is 0 Å². The van der Waals surface area contributed by atoms with Crippen LogP contribution in [0.15, 0.2) is 22.7 Å². The number of aryl methyl sites for hydroxylation is 1. The molecule has 1 N–H and O–H groups in total. The van der Waals surface area contributed by atoms with Gasteiger partial charge in [0.2, 0.25) is 0 Å². The van der Waals surface area contributed by atoms with E-state index >= 15 is 0 Å². The van der Waals surface area contributed by atoms with Crippen molar-refractivity contribution in [2.75, 3.05) is 7.05 Å². The predicted molar refractivity (Wildman–Crippen MR) is 65.5 cm³/mol.